The van der Waals surface area contributed by atoms with Crippen LogP contribution in [-0.4, -0.2) is 44.9 Å². The highest BCUT2D eigenvalue weighted by atomic mass is 32.2. The van der Waals surface area contributed by atoms with Gasteiger partial charge in [-0.05, 0) is 46.1 Å². The molecular formula is C12H18FN3O4S. The number of hydrogen-bond donors (Lipinski definition) is 1. The van der Waals surface area contributed by atoms with Gasteiger partial charge < -0.3 is 4.90 Å². The summed E-state index contributed by atoms with van der Waals surface area (Å²) < 4.78 is 40.1. The van der Waals surface area contributed by atoms with Crippen LogP contribution in [0.1, 0.15) is 13.3 Å². The number of hydrogen-bond acceptors (Lipinski definition) is 5. The Bertz CT molecular complexity index is 619. The van der Waals surface area contributed by atoms with Gasteiger partial charge in [0.15, 0.2) is 4.90 Å². The van der Waals surface area contributed by atoms with Gasteiger partial charge in [0.05, 0.1) is 4.92 Å². The van der Waals surface area contributed by atoms with Crippen molar-refractivity contribution in [1.29, 1.82) is 0 Å². The molecule has 0 aliphatic carbocycles. The molecule has 0 spiro atoms. The SMILES string of the molecule is CC(CCN(C)C)NS(=O)(=O)c1cccc(F)c1[N+](=O)[O-]. The Balaban J connectivity index is 3.04. The molecule has 1 unspecified atom stereocenters. The van der Waals surface area contributed by atoms with E-state index >= 15 is 0 Å². The summed E-state index contributed by atoms with van der Waals surface area (Å²) in [6.07, 6.45) is 0.523. The van der Waals surface area contributed by atoms with Crippen molar-refractivity contribution < 1.29 is 17.7 Å². The van der Waals surface area contributed by atoms with Crippen molar-refractivity contribution in [2.24, 2.45) is 0 Å². The predicted molar refractivity (Wildman–Crippen MR) is 76.0 cm³/mol. The van der Waals surface area contributed by atoms with Crippen molar-refractivity contribution in [2.45, 2.75) is 24.3 Å². The van der Waals surface area contributed by atoms with E-state index in [2.05, 4.69) is 4.72 Å². The maximum atomic E-state index is 13.5. The van der Waals surface area contributed by atoms with Gasteiger partial charge >= 0.3 is 5.69 Å². The lowest BCUT2D eigenvalue weighted by atomic mass is 10.2. The van der Waals surface area contributed by atoms with Gasteiger partial charge in [0.1, 0.15) is 0 Å². The van der Waals surface area contributed by atoms with Crippen LogP contribution in [0.4, 0.5) is 10.1 Å². The Hall–Kier alpha value is -1.58. The smallest absolute Gasteiger partial charge is 0.309 e. The van der Waals surface area contributed by atoms with Crippen LogP contribution >= 0.6 is 0 Å². The molecule has 7 nitrogen and oxygen atoms in total. The van der Waals surface area contributed by atoms with Crippen molar-refractivity contribution in [3.05, 3.63) is 34.1 Å². The summed E-state index contributed by atoms with van der Waals surface area (Å²) in [5, 5.41) is 10.9. The topological polar surface area (TPSA) is 92.6 Å². The Kier molecular flexibility index (Phi) is 5.76. The molecule has 0 bridgehead atoms. The van der Waals surface area contributed by atoms with Crippen molar-refractivity contribution >= 4 is 15.7 Å². The van der Waals surface area contributed by atoms with E-state index in [0.29, 0.717) is 13.0 Å². The van der Waals surface area contributed by atoms with Crippen molar-refractivity contribution in [1.82, 2.24) is 9.62 Å². The fourth-order valence-corrected chi connectivity index (χ4v) is 3.19. The average Bonchev–Trinajstić information content (AvgIpc) is 2.35. The van der Waals surface area contributed by atoms with E-state index in [0.717, 1.165) is 18.2 Å². The van der Waals surface area contributed by atoms with E-state index in [1.54, 1.807) is 6.92 Å². The zero-order chi connectivity index (χ0) is 16.2. The minimum Gasteiger partial charge on any atom is -0.309 e. The molecule has 0 saturated heterocycles. The molecule has 0 fully saturated rings. The van der Waals surface area contributed by atoms with E-state index in [4.69, 9.17) is 0 Å². The lowest BCUT2D eigenvalue weighted by molar-refractivity contribution is -0.390. The van der Waals surface area contributed by atoms with Gasteiger partial charge in [-0.3, -0.25) is 10.1 Å². The third-order valence-corrected chi connectivity index (χ3v) is 4.41. The molecule has 21 heavy (non-hydrogen) atoms. The van der Waals surface area contributed by atoms with Gasteiger partial charge in [0.25, 0.3) is 0 Å². The van der Waals surface area contributed by atoms with Gasteiger partial charge in [-0.2, -0.15) is 4.39 Å². The zero-order valence-corrected chi connectivity index (χ0v) is 12.9. The summed E-state index contributed by atoms with van der Waals surface area (Å²) in [5.41, 5.74) is -1.04. The number of rotatable bonds is 7. The minimum absolute atomic E-state index is 0.430. The maximum Gasteiger partial charge on any atom is 0.324 e. The van der Waals surface area contributed by atoms with Gasteiger partial charge in [0.2, 0.25) is 15.8 Å². The number of nitro benzene ring substituents is 1. The summed E-state index contributed by atoms with van der Waals surface area (Å²) in [6, 6.07) is 2.57. The molecule has 1 N–H and O–H groups in total. The third-order valence-electron chi connectivity index (χ3n) is 2.79. The van der Waals surface area contributed by atoms with Crippen LogP contribution in [-0.2, 0) is 10.0 Å². The number of para-hydroxylation sites is 1. The first-order valence-electron chi connectivity index (χ1n) is 6.25. The van der Waals surface area contributed by atoms with Crippen LogP contribution in [0.5, 0.6) is 0 Å². The van der Waals surface area contributed by atoms with E-state index in [9.17, 15) is 22.9 Å². The zero-order valence-electron chi connectivity index (χ0n) is 12.0. The molecule has 0 aliphatic heterocycles. The van der Waals surface area contributed by atoms with Crippen molar-refractivity contribution in [3.8, 4) is 0 Å². The first kappa shape index (κ1) is 17.5. The second-order valence-electron chi connectivity index (χ2n) is 4.96. The highest BCUT2D eigenvalue weighted by Crippen LogP contribution is 2.26. The average molecular weight is 319 g/mol. The normalized spacial score (nSPS) is 13.4. The molecular weight excluding hydrogens is 301 g/mol. The first-order chi connectivity index (χ1) is 9.65. The first-order valence-corrected chi connectivity index (χ1v) is 7.73. The second kappa shape index (κ2) is 6.92. The van der Waals surface area contributed by atoms with Gasteiger partial charge in [-0.1, -0.05) is 6.07 Å². The van der Waals surface area contributed by atoms with E-state index in [-0.39, 0.29) is 0 Å². The largest absolute Gasteiger partial charge is 0.324 e. The van der Waals surface area contributed by atoms with Crippen LogP contribution in [0.3, 0.4) is 0 Å². The number of sulfonamides is 1. The standard InChI is InChI=1S/C12H18FN3O4S/c1-9(7-8-15(2)3)14-21(19,20)11-6-4-5-10(13)12(11)16(17)18/h4-6,9,14H,7-8H2,1-3H3. The quantitative estimate of drug-likeness (QED) is 0.605. The van der Waals surface area contributed by atoms with Gasteiger partial charge in [0, 0.05) is 6.04 Å². The number of nitro groups is 1. The summed E-state index contributed by atoms with van der Waals surface area (Å²) in [7, 11) is -0.464. The maximum absolute atomic E-state index is 13.5. The molecule has 0 amide bonds. The van der Waals surface area contributed by atoms with Crippen molar-refractivity contribution in [3.63, 3.8) is 0 Å². The lowest BCUT2D eigenvalue weighted by Gasteiger charge is -2.16. The summed E-state index contributed by atoms with van der Waals surface area (Å²) in [5.74, 6) is -1.18. The Morgan fingerprint density at radius 1 is 1.43 bits per heavy atom. The Morgan fingerprint density at radius 2 is 2.05 bits per heavy atom. The molecule has 9 heteroatoms. The molecule has 0 aromatic heterocycles. The van der Waals surface area contributed by atoms with Crippen LogP contribution in [0.15, 0.2) is 23.1 Å². The molecule has 1 aromatic carbocycles. The summed E-state index contributed by atoms with van der Waals surface area (Å²) in [4.78, 5) is 11.0. The van der Waals surface area contributed by atoms with Crippen LogP contribution in [0.2, 0.25) is 0 Å². The fraction of sp³-hybridized carbons (Fsp3) is 0.500. The monoisotopic (exact) mass is 319 g/mol. The van der Waals surface area contributed by atoms with Gasteiger partial charge in [-0.25, -0.2) is 13.1 Å². The number of nitrogens with zero attached hydrogens (tertiary/aromatic N) is 2. The summed E-state index contributed by atoms with van der Waals surface area (Å²) in [6.45, 7) is 2.29. The number of halogens is 1. The molecule has 0 aliphatic rings. The van der Waals surface area contributed by atoms with E-state index in [1.165, 1.54) is 0 Å². The molecule has 1 rings (SSSR count). The second-order valence-corrected chi connectivity index (χ2v) is 6.64. The lowest BCUT2D eigenvalue weighted by Crippen LogP contribution is -2.35. The van der Waals surface area contributed by atoms with Crippen LogP contribution < -0.4 is 4.72 Å². The highest BCUT2D eigenvalue weighted by molar-refractivity contribution is 7.89. The highest BCUT2D eigenvalue weighted by Gasteiger charge is 2.30. The molecule has 1 atom stereocenters. The molecule has 0 heterocycles. The number of benzene rings is 1. The van der Waals surface area contributed by atoms with Crippen LogP contribution in [0, 0.1) is 15.9 Å². The molecule has 118 valence electrons. The van der Waals surface area contributed by atoms with E-state index < -0.39 is 37.4 Å². The van der Waals surface area contributed by atoms with Crippen molar-refractivity contribution in [2.75, 3.05) is 20.6 Å². The fourth-order valence-electron chi connectivity index (χ4n) is 1.73. The summed E-state index contributed by atoms with van der Waals surface area (Å²) >= 11 is 0. The van der Waals surface area contributed by atoms with Gasteiger partial charge in [-0.15, -0.1) is 0 Å². The Morgan fingerprint density at radius 3 is 2.57 bits per heavy atom. The molecule has 1 aromatic rings. The number of nitrogens with one attached hydrogen (secondary N) is 1. The molecule has 0 radical (unpaired) electrons. The van der Waals surface area contributed by atoms with Crippen LogP contribution in [0.25, 0.3) is 0 Å². The minimum atomic E-state index is -4.16. The van der Waals surface area contributed by atoms with E-state index in [1.807, 2.05) is 19.0 Å². The molecule has 0 saturated carbocycles. The predicted octanol–water partition coefficient (Wildman–Crippen LogP) is 1.35. The Labute approximate surface area is 123 Å². The third kappa shape index (κ3) is 4.73.